The van der Waals surface area contributed by atoms with Crippen LogP contribution in [0.15, 0.2) is 18.2 Å². The van der Waals surface area contributed by atoms with Gasteiger partial charge in [-0.05, 0) is 32.0 Å². The van der Waals surface area contributed by atoms with Crippen LogP contribution in [0.5, 0.6) is 0 Å². The Bertz CT molecular complexity index is 962. The lowest BCUT2D eigenvalue weighted by Crippen LogP contribution is -2.41. The van der Waals surface area contributed by atoms with Crippen molar-refractivity contribution in [2.24, 2.45) is 5.92 Å². The molecule has 4 rings (SSSR count). The summed E-state index contributed by atoms with van der Waals surface area (Å²) in [6.45, 7) is 5.57. The summed E-state index contributed by atoms with van der Waals surface area (Å²) in [7, 11) is 1.36. The average molecular weight is 383 g/mol. The number of hydrogen-bond donors (Lipinski definition) is 1. The fraction of sp³-hybridized carbons (Fsp3) is 0.476. The summed E-state index contributed by atoms with van der Waals surface area (Å²) in [5, 5.41) is 0.946. The standard InChI is InChI=1S/C21H25N3O4/c1-12(2)24-10-14(9-19(24)25)20(26)23-7-6-18-16(11-23)15-8-13(21(27)28-3)4-5-17(15)22-18/h4-5,8,12,14,22H,6-7,9-11H2,1-3H3. The van der Waals surface area contributed by atoms with Gasteiger partial charge in [0, 0.05) is 60.7 Å². The lowest BCUT2D eigenvalue weighted by atomic mass is 10.0. The second-order valence-corrected chi connectivity index (χ2v) is 7.88. The Balaban J connectivity index is 1.58. The molecular weight excluding hydrogens is 358 g/mol. The number of aromatic amines is 1. The summed E-state index contributed by atoms with van der Waals surface area (Å²) in [6.07, 6.45) is 1.03. The number of methoxy groups -OCH3 is 1. The maximum absolute atomic E-state index is 13.1. The Hall–Kier alpha value is -2.83. The number of nitrogens with one attached hydrogen (secondary N) is 1. The zero-order valence-corrected chi connectivity index (χ0v) is 16.4. The average Bonchev–Trinajstić information content (AvgIpc) is 3.26. The fourth-order valence-corrected chi connectivity index (χ4v) is 4.30. The number of benzene rings is 1. The van der Waals surface area contributed by atoms with Crippen molar-refractivity contribution in [3.63, 3.8) is 0 Å². The molecular formula is C21H25N3O4. The number of nitrogens with zero attached hydrogens (tertiary/aromatic N) is 2. The minimum atomic E-state index is -0.376. The van der Waals surface area contributed by atoms with Gasteiger partial charge < -0.3 is 19.5 Å². The molecule has 3 heterocycles. The van der Waals surface area contributed by atoms with Crippen LogP contribution in [-0.4, -0.2) is 58.8 Å². The number of likely N-dealkylation sites (tertiary alicyclic amines) is 1. The third kappa shape index (κ3) is 3.04. The molecule has 1 aromatic carbocycles. The fourth-order valence-electron chi connectivity index (χ4n) is 4.30. The first-order valence-corrected chi connectivity index (χ1v) is 9.69. The van der Waals surface area contributed by atoms with Crippen LogP contribution in [0.2, 0.25) is 0 Å². The smallest absolute Gasteiger partial charge is 0.337 e. The molecule has 1 atom stereocenters. The Labute approximate surface area is 163 Å². The quantitative estimate of drug-likeness (QED) is 0.823. The predicted molar refractivity (Wildman–Crippen MR) is 104 cm³/mol. The molecule has 0 spiro atoms. The van der Waals surface area contributed by atoms with Crippen LogP contribution in [0.3, 0.4) is 0 Å². The molecule has 0 bridgehead atoms. The van der Waals surface area contributed by atoms with E-state index >= 15 is 0 Å². The minimum Gasteiger partial charge on any atom is -0.465 e. The number of hydrogen-bond acceptors (Lipinski definition) is 4. The summed E-state index contributed by atoms with van der Waals surface area (Å²) in [5.74, 6) is -0.549. The van der Waals surface area contributed by atoms with Gasteiger partial charge in [0.1, 0.15) is 0 Å². The topological polar surface area (TPSA) is 82.7 Å². The third-order valence-electron chi connectivity index (χ3n) is 5.84. The molecule has 0 radical (unpaired) electrons. The number of H-pyrrole nitrogens is 1. The summed E-state index contributed by atoms with van der Waals surface area (Å²) < 4.78 is 4.82. The largest absolute Gasteiger partial charge is 0.465 e. The maximum atomic E-state index is 13.1. The van der Waals surface area contributed by atoms with Gasteiger partial charge in [-0.1, -0.05) is 0 Å². The van der Waals surface area contributed by atoms with Crippen molar-refractivity contribution in [2.45, 2.75) is 39.3 Å². The van der Waals surface area contributed by atoms with Gasteiger partial charge in [0.05, 0.1) is 18.6 Å². The zero-order chi connectivity index (χ0) is 20.0. The van der Waals surface area contributed by atoms with Crippen molar-refractivity contribution in [3.8, 4) is 0 Å². The van der Waals surface area contributed by atoms with Crippen molar-refractivity contribution < 1.29 is 19.1 Å². The Kier molecular flexibility index (Phi) is 4.61. The van der Waals surface area contributed by atoms with Crippen LogP contribution < -0.4 is 0 Å². The Morgan fingerprint density at radius 2 is 2.07 bits per heavy atom. The molecule has 148 valence electrons. The van der Waals surface area contributed by atoms with Crippen molar-refractivity contribution in [1.29, 1.82) is 0 Å². The molecule has 2 aliphatic rings. The maximum Gasteiger partial charge on any atom is 0.337 e. The molecule has 0 aliphatic carbocycles. The molecule has 1 N–H and O–H groups in total. The summed E-state index contributed by atoms with van der Waals surface area (Å²) in [6, 6.07) is 5.55. The minimum absolute atomic E-state index is 0.0422. The number of aromatic nitrogens is 1. The van der Waals surface area contributed by atoms with Crippen LogP contribution in [0.25, 0.3) is 10.9 Å². The van der Waals surface area contributed by atoms with Gasteiger partial charge in [-0.15, -0.1) is 0 Å². The molecule has 1 aromatic heterocycles. The first-order valence-electron chi connectivity index (χ1n) is 9.69. The van der Waals surface area contributed by atoms with E-state index in [-0.39, 0.29) is 29.7 Å². The molecule has 2 amide bonds. The molecule has 0 saturated carbocycles. The molecule has 1 saturated heterocycles. The van der Waals surface area contributed by atoms with E-state index in [0.717, 1.165) is 28.6 Å². The van der Waals surface area contributed by atoms with E-state index in [1.165, 1.54) is 7.11 Å². The van der Waals surface area contributed by atoms with E-state index in [0.29, 0.717) is 31.6 Å². The van der Waals surface area contributed by atoms with Crippen LogP contribution in [-0.2, 0) is 27.3 Å². The number of rotatable bonds is 3. The van der Waals surface area contributed by atoms with Gasteiger partial charge in [-0.25, -0.2) is 4.79 Å². The normalized spacial score (nSPS) is 19.4. The van der Waals surface area contributed by atoms with Gasteiger partial charge in [-0.2, -0.15) is 0 Å². The van der Waals surface area contributed by atoms with E-state index < -0.39 is 0 Å². The van der Waals surface area contributed by atoms with Crippen molar-refractivity contribution >= 4 is 28.7 Å². The summed E-state index contributed by atoms with van der Waals surface area (Å²) >= 11 is 0. The van der Waals surface area contributed by atoms with E-state index in [9.17, 15) is 14.4 Å². The number of esters is 1. The lowest BCUT2D eigenvalue weighted by Gasteiger charge is -2.29. The van der Waals surface area contributed by atoms with Gasteiger partial charge >= 0.3 is 5.97 Å². The third-order valence-corrected chi connectivity index (χ3v) is 5.84. The van der Waals surface area contributed by atoms with Crippen LogP contribution >= 0.6 is 0 Å². The zero-order valence-electron chi connectivity index (χ0n) is 16.4. The number of fused-ring (bicyclic) bond motifs is 3. The van der Waals surface area contributed by atoms with Gasteiger partial charge in [-0.3, -0.25) is 9.59 Å². The molecule has 7 nitrogen and oxygen atoms in total. The lowest BCUT2D eigenvalue weighted by molar-refractivity contribution is -0.136. The van der Waals surface area contributed by atoms with Crippen LogP contribution in [0, 0.1) is 5.92 Å². The van der Waals surface area contributed by atoms with Gasteiger partial charge in [0.15, 0.2) is 0 Å². The van der Waals surface area contributed by atoms with Gasteiger partial charge in [0.2, 0.25) is 11.8 Å². The predicted octanol–water partition coefficient (Wildman–Crippen LogP) is 2.10. The van der Waals surface area contributed by atoms with E-state index in [1.54, 1.807) is 11.0 Å². The highest BCUT2D eigenvalue weighted by atomic mass is 16.5. The molecule has 28 heavy (non-hydrogen) atoms. The SMILES string of the molecule is COC(=O)c1ccc2[nH]c3c(c2c1)CN(C(=O)C1CC(=O)N(C(C)C)C1)CC3. The van der Waals surface area contributed by atoms with Crippen molar-refractivity contribution in [1.82, 2.24) is 14.8 Å². The first kappa shape index (κ1) is 18.5. The van der Waals surface area contributed by atoms with E-state index in [1.807, 2.05) is 30.9 Å². The van der Waals surface area contributed by atoms with Crippen LogP contribution in [0.1, 0.15) is 41.9 Å². The van der Waals surface area contributed by atoms with E-state index in [2.05, 4.69) is 4.98 Å². The van der Waals surface area contributed by atoms with Gasteiger partial charge in [0.25, 0.3) is 0 Å². The number of carbonyl (C=O) groups is 3. The van der Waals surface area contributed by atoms with Crippen LogP contribution in [0.4, 0.5) is 0 Å². The number of amides is 2. The molecule has 1 unspecified atom stereocenters. The summed E-state index contributed by atoms with van der Waals surface area (Å²) in [4.78, 5) is 44.2. The number of carbonyl (C=O) groups excluding carboxylic acids is 3. The Morgan fingerprint density at radius 3 is 2.75 bits per heavy atom. The molecule has 7 heteroatoms. The highest BCUT2D eigenvalue weighted by Gasteiger charge is 2.38. The second-order valence-electron chi connectivity index (χ2n) is 7.88. The highest BCUT2D eigenvalue weighted by Crippen LogP contribution is 2.31. The van der Waals surface area contributed by atoms with Crippen molar-refractivity contribution in [2.75, 3.05) is 20.2 Å². The molecule has 2 aromatic rings. The molecule has 2 aliphatic heterocycles. The van der Waals surface area contributed by atoms with Crippen molar-refractivity contribution in [3.05, 3.63) is 35.0 Å². The summed E-state index contributed by atoms with van der Waals surface area (Å²) in [5.41, 5.74) is 3.60. The Morgan fingerprint density at radius 1 is 1.29 bits per heavy atom. The molecule has 1 fully saturated rings. The van der Waals surface area contributed by atoms with E-state index in [4.69, 9.17) is 4.74 Å². The first-order chi connectivity index (χ1) is 13.4. The highest BCUT2D eigenvalue weighted by molar-refractivity contribution is 5.96. The monoisotopic (exact) mass is 383 g/mol. The second kappa shape index (κ2) is 6.96. The number of ether oxygens (including phenoxy) is 1.